The Morgan fingerprint density at radius 2 is 1.77 bits per heavy atom. The summed E-state index contributed by atoms with van der Waals surface area (Å²) in [7, 11) is -4.22. The molecule has 3 rings (SSSR count). The normalized spacial score (nSPS) is 15.7. The Labute approximate surface area is 170 Å². The first kappa shape index (κ1) is 22.2. The lowest BCUT2D eigenvalue weighted by atomic mass is 10.1. The van der Waals surface area contributed by atoms with Crippen molar-refractivity contribution >= 4 is 16.0 Å². The largest absolute Gasteiger partial charge is 0.457 e. The van der Waals surface area contributed by atoms with Crippen LogP contribution in [0, 0.1) is 5.82 Å². The SMILES string of the molecule is O=C(OCc1ccccc1C(F)(F)F)c1ccc(F)c(S(=O)(=O)N2CCOCC2)c1. The fourth-order valence-corrected chi connectivity index (χ4v) is 4.40. The van der Waals surface area contributed by atoms with Crippen molar-refractivity contribution in [1.82, 2.24) is 4.31 Å². The number of hydrogen-bond acceptors (Lipinski definition) is 5. The molecule has 11 heteroatoms. The molecule has 0 bridgehead atoms. The molecule has 0 spiro atoms. The Hall–Kier alpha value is -2.50. The van der Waals surface area contributed by atoms with Gasteiger partial charge in [0, 0.05) is 18.7 Å². The van der Waals surface area contributed by atoms with Crippen LogP contribution in [0.25, 0.3) is 0 Å². The van der Waals surface area contributed by atoms with Gasteiger partial charge in [-0.05, 0) is 24.3 Å². The molecule has 0 saturated carbocycles. The highest BCUT2D eigenvalue weighted by Crippen LogP contribution is 2.32. The van der Waals surface area contributed by atoms with Crippen LogP contribution >= 0.6 is 0 Å². The zero-order chi connectivity index (χ0) is 21.9. The van der Waals surface area contributed by atoms with Crippen molar-refractivity contribution in [2.45, 2.75) is 17.7 Å². The van der Waals surface area contributed by atoms with E-state index >= 15 is 0 Å². The molecule has 1 saturated heterocycles. The minimum absolute atomic E-state index is 0.0324. The number of rotatable bonds is 5. The standard InChI is InChI=1S/C19H17F4NO5S/c20-16-6-5-13(11-17(16)30(26,27)24-7-9-28-10-8-24)18(25)29-12-14-3-1-2-4-15(14)19(21,22)23/h1-6,11H,7-10,12H2. The Balaban J connectivity index is 1.81. The number of esters is 1. The van der Waals surface area contributed by atoms with Crippen LogP contribution in [-0.2, 0) is 32.3 Å². The molecule has 0 N–H and O–H groups in total. The average Bonchev–Trinajstić information content (AvgIpc) is 2.72. The molecular formula is C19H17F4NO5S. The van der Waals surface area contributed by atoms with E-state index in [1.807, 2.05) is 0 Å². The summed E-state index contributed by atoms with van der Waals surface area (Å²) >= 11 is 0. The van der Waals surface area contributed by atoms with Gasteiger partial charge in [0.15, 0.2) is 0 Å². The summed E-state index contributed by atoms with van der Waals surface area (Å²) in [4.78, 5) is 11.6. The van der Waals surface area contributed by atoms with Crippen LogP contribution in [0.5, 0.6) is 0 Å². The highest BCUT2D eigenvalue weighted by molar-refractivity contribution is 7.89. The van der Waals surface area contributed by atoms with Gasteiger partial charge in [0.2, 0.25) is 10.0 Å². The summed E-state index contributed by atoms with van der Waals surface area (Å²) in [5, 5.41) is 0. The molecule has 0 atom stereocenters. The van der Waals surface area contributed by atoms with E-state index in [-0.39, 0.29) is 37.4 Å². The first-order valence-corrected chi connectivity index (χ1v) is 10.2. The third kappa shape index (κ3) is 4.79. The number of sulfonamides is 1. The third-order valence-corrected chi connectivity index (χ3v) is 6.35. The van der Waals surface area contributed by atoms with E-state index in [9.17, 15) is 30.8 Å². The van der Waals surface area contributed by atoms with E-state index in [4.69, 9.17) is 9.47 Å². The zero-order valence-corrected chi connectivity index (χ0v) is 16.3. The van der Waals surface area contributed by atoms with Gasteiger partial charge in [-0.15, -0.1) is 0 Å². The number of morpholine rings is 1. The van der Waals surface area contributed by atoms with Crippen molar-refractivity contribution in [2.24, 2.45) is 0 Å². The van der Waals surface area contributed by atoms with Crippen LogP contribution in [0.1, 0.15) is 21.5 Å². The number of benzene rings is 2. The van der Waals surface area contributed by atoms with Crippen LogP contribution in [0.4, 0.5) is 17.6 Å². The number of hydrogen-bond donors (Lipinski definition) is 0. The number of carbonyl (C=O) groups excluding carboxylic acids is 1. The predicted molar refractivity (Wildman–Crippen MR) is 96.5 cm³/mol. The molecule has 0 aliphatic carbocycles. The van der Waals surface area contributed by atoms with Crippen LogP contribution < -0.4 is 0 Å². The van der Waals surface area contributed by atoms with E-state index in [0.29, 0.717) is 0 Å². The number of alkyl halides is 3. The topological polar surface area (TPSA) is 72.9 Å². The maximum Gasteiger partial charge on any atom is 0.416 e. The van der Waals surface area contributed by atoms with E-state index in [0.717, 1.165) is 34.6 Å². The molecule has 162 valence electrons. The minimum Gasteiger partial charge on any atom is -0.457 e. The maximum absolute atomic E-state index is 14.2. The summed E-state index contributed by atoms with van der Waals surface area (Å²) in [6.45, 7) is -0.310. The third-order valence-electron chi connectivity index (χ3n) is 4.44. The molecule has 1 heterocycles. The fraction of sp³-hybridized carbons (Fsp3) is 0.316. The van der Waals surface area contributed by atoms with Crippen molar-refractivity contribution in [2.75, 3.05) is 26.3 Å². The molecule has 2 aromatic rings. The molecule has 0 amide bonds. The molecule has 0 unspecified atom stereocenters. The molecule has 6 nitrogen and oxygen atoms in total. The zero-order valence-electron chi connectivity index (χ0n) is 15.5. The van der Waals surface area contributed by atoms with Gasteiger partial charge in [-0.1, -0.05) is 18.2 Å². The molecule has 0 aromatic heterocycles. The van der Waals surface area contributed by atoms with Gasteiger partial charge in [0.25, 0.3) is 0 Å². The summed E-state index contributed by atoms with van der Waals surface area (Å²) in [5.41, 5.74) is -1.51. The van der Waals surface area contributed by atoms with Gasteiger partial charge in [-0.2, -0.15) is 17.5 Å². The average molecular weight is 447 g/mol. The summed E-state index contributed by atoms with van der Waals surface area (Å²) in [6, 6.07) is 7.21. The van der Waals surface area contributed by atoms with Crippen molar-refractivity contribution in [3.8, 4) is 0 Å². The first-order valence-electron chi connectivity index (χ1n) is 8.80. The van der Waals surface area contributed by atoms with E-state index in [2.05, 4.69) is 0 Å². The van der Waals surface area contributed by atoms with Crippen molar-refractivity contribution in [1.29, 1.82) is 0 Å². The second-order valence-electron chi connectivity index (χ2n) is 6.39. The van der Waals surface area contributed by atoms with Gasteiger partial charge in [-0.3, -0.25) is 0 Å². The van der Waals surface area contributed by atoms with Crippen LogP contribution in [0.3, 0.4) is 0 Å². The minimum atomic E-state index is -4.63. The highest BCUT2D eigenvalue weighted by atomic mass is 32.2. The molecular weight excluding hydrogens is 430 g/mol. The number of ether oxygens (including phenoxy) is 2. The quantitative estimate of drug-likeness (QED) is 0.520. The van der Waals surface area contributed by atoms with E-state index < -0.39 is 45.1 Å². The van der Waals surface area contributed by atoms with Crippen LogP contribution in [-0.4, -0.2) is 45.0 Å². The van der Waals surface area contributed by atoms with E-state index in [1.54, 1.807) is 0 Å². The smallest absolute Gasteiger partial charge is 0.416 e. The van der Waals surface area contributed by atoms with Gasteiger partial charge in [0.1, 0.15) is 17.3 Å². The van der Waals surface area contributed by atoms with E-state index in [1.165, 1.54) is 12.1 Å². The second-order valence-corrected chi connectivity index (χ2v) is 8.30. The number of nitrogens with zero attached hydrogens (tertiary/aromatic N) is 1. The Bertz CT molecular complexity index is 1030. The molecule has 1 fully saturated rings. The van der Waals surface area contributed by atoms with Gasteiger partial charge in [0.05, 0.1) is 24.3 Å². The lowest BCUT2D eigenvalue weighted by Gasteiger charge is -2.26. The van der Waals surface area contributed by atoms with Crippen LogP contribution in [0.2, 0.25) is 0 Å². The lowest BCUT2D eigenvalue weighted by Crippen LogP contribution is -2.41. The number of carbonyl (C=O) groups is 1. The van der Waals surface area contributed by atoms with Crippen LogP contribution in [0.15, 0.2) is 47.4 Å². The molecule has 30 heavy (non-hydrogen) atoms. The predicted octanol–water partition coefficient (Wildman–Crippen LogP) is 3.22. The van der Waals surface area contributed by atoms with Gasteiger partial charge >= 0.3 is 12.1 Å². The Morgan fingerprint density at radius 1 is 1.10 bits per heavy atom. The van der Waals surface area contributed by atoms with Crippen molar-refractivity contribution < 1.29 is 40.2 Å². The number of halogens is 4. The second kappa shape index (κ2) is 8.70. The summed E-state index contributed by atoms with van der Waals surface area (Å²) in [5.74, 6) is -2.13. The van der Waals surface area contributed by atoms with Crippen molar-refractivity contribution in [3.63, 3.8) is 0 Å². The fourth-order valence-electron chi connectivity index (χ4n) is 2.90. The Morgan fingerprint density at radius 3 is 2.43 bits per heavy atom. The Kier molecular flexibility index (Phi) is 6.44. The van der Waals surface area contributed by atoms with Gasteiger partial charge < -0.3 is 9.47 Å². The monoisotopic (exact) mass is 447 g/mol. The van der Waals surface area contributed by atoms with Crippen molar-refractivity contribution in [3.05, 3.63) is 65.0 Å². The maximum atomic E-state index is 14.2. The van der Waals surface area contributed by atoms with Gasteiger partial charge in [-0.25, -0.2) is 17.6 Å². The lowest BCUT2D eigenvalue weighted by molar-refractivity contribution is -0.138. The molecule has 1 aliphatic heterocycles. The molecule has 0 radical (unpaired) electrons. The highest BCUT2D eigenvalue weighted by Gasteiger charge is 2.33. The first-order chi connectivity index (χ1) is 14.1. The molecule has 2 aromatic carbocycles. The molecule has 1 aliphatic rings. The summed E-state index contributed by atoms with van der Waals surface area (Å²) < 4.78 is 89.7. The summed E-state index contributed by atoms with van der Waals surface area (Å²) in [6.07, 6.45) is -4.63.